The minimum Gasteiger partial charge on any atom is -0.361 e. The number of hydrogen-bond donors (Lipinski definition) is 0. The molecule has 3 nitrogen and oxygen atoms in total. The highest BCUT2D eigenvalue weighted by atomic mass is 16.5. The van der Waals surface area contributed by atoms with Crippen LogP contribution in [0.3, 0.4) is 0 Å². The number of benzene rings is 1. The van der Waals surface area contributed by atoms with Gasteiger partial charge in [-0.05, 0) is 19.1 Å². The zero-order chi connectivity index (χ0) is 13.8. The molecule has 1 aromatic rings. The van der Waals surface area contributed by atoms with Crippen LogP contribution in [0.1, 0.15) is 38.1 Å². The normalized spacial score (nSPS) is 13.2. The van der Waals surface area contributed by atoms with Crippen molar-refractivity contribution < 1.29 is 9.53 Å². The fourth-order valence-corrected chi connectivity index (χ4v) is 2.11. The molecule has 0 aliphatic carbocycles. The fraction of sp³-hybridized carbons (Fsp3) is 0.533. The van der Waals surface area contributed by atoms with Gasteiger partial charge in [0.1, 0.15) is 6.23 Å². The summed E-state index contributed by atoms with van der Waals surface area (Å²) in [5, 5.41) is 0. The lowest BCUT2D eigenvalue weighted by atomic mass is 9.93. The van der Waals surface area contributed by atoms with Crippen molar-refractivity contribution in [2.45, 2.75) is 33.9 Å². The molecule has 1 atom stereocenters. The Bertz CT molecular complexity index is 381. The molecular formula is C15H23NO2. The van der Waals surface area contributed by atoms with E-state index in [-0.39, 0.29) is 17.6 Å². The second-order valence-electron chi connectivity index (χ2n) is 5.41. The molecule has 0 radical (unpaired) electrons. The van der Waals surface area contributed by atoms with Gasteiger partial charge < -0.3 is 9.64 Å². The van der Waals surface area contributed by atoms with E-state index < -0.39 is 0 Å². The molecule has 0 spiro atoms. The van der Waals surface area contributed by atoms with Gasteiger partial charge in [0.25, 0.3) is 5.91 Å². The SMILES string of the molecule is CCN(C(=O)[14c]1[14cH][14cH][14cH][14cH][14cH]1)C(OC)C(C)(C)C. The minimum atomic E-state index is -0.227. The summed E-state index contributed by atoms with van der Waals surface area (Å²) in [7, 11) is 1.65. The van der Waals surface area contributed by atoms with E-state index in [1.165, 1.54) is 0 Å². The van der Waals surface area contributed by atoms with E-state index >= 15 is 0 Å². The van der Waals surface area contributed by atoms with Gasteiger partial charge in [-0.2, -0.15) is 0 Å². The predicted octanol–water partition coefficient (Wildman–Crippen LogP) is 3.17. The van der Waals surface area contributed by atoms with Crippen LogP contribution < -0.4 is 0 Å². The first kappa shape index (κ1) is 14.7. The molecule has 1 unspecified atom stereocenters. The molecule has 3 heteroatoms. The van der Waals surface area contributed by atoms with Crippen molar-refractivity contribution in [1.82, 2.24) is 4.90 Å². The summed E-state index contributed by atoms with van der Waals surface area (Å²) in [5.74, 6) is 0.0138. The highest BCUT2D eigenvalue weighted by Gasteiger charge is 2.32. The van der Waals surface area contributed by atoms with Crippen molar-refractivity contribution in [2.75, 3.05) is 13.7 Å². The molecule has 0 aliphatic rings. The van der Waals surface area contributed by atoms with Crippen LogP contribution in [0.5, 0.6) is 0 Å². The van der Waals surface area contributed by atoms with Crippen molar-refractivity contribution in [3.05, 3.63) is 35.9 Å². The zero-order valence-corrected chi connectivity index (χ0v) is 11.9. The number of ether oxygens (including phenoxy) is 1. The van der Waals surface area contributed by atoms with Gasteiger partial charge in [0.15, 0.2) is 0 Å². The summed E-state index contributed by atoms with van der Waals surface area (Å²) in [6.45, 7) is 8.81. The van der Waals surface area contributed by atoms with Gasteiger partial charge in [-0.3, -0.25) is 4.79 Å². The standard InChI is InChI=1S/C15H23NO2/c1-6-16(14(18-5)15(2,3)4)13(17)12-10-8-7-9-11-12/h7-11,14H,6H2,1-5H3/i7+2,8+2,9+2,10+2,11+2,12+2. The smallest absolute Gasteiger partial charge is 0.255 e. The molecule has 0 saturated heterocycles. The average molecular weight is 261 g/mol. The van der Waals surface area contributed by atoms with Crippen LogP contribution in [0.15, 0.2) is 30.3 Å². The topological polar surface area (TPSA) is 29.5 Å². The lowest BCUT2D eigenvalue weighted by Gasteiger charge is -2.38. The molecule has 1 amide bonds. The highest BCUT2D eigenvalue weighted by Crippen LogP contribution is 2.26. The summed E-state index contributed by atoms with van der Waals surface area (Å²) in [5.41, 5.74) is 0.584. The highest BCUT2D eigenvalue weighted by molar-refractivity contribution is 5.94. The van der Waals surface area contributed by atoms with Crippen molar-refractivity contribution >= 4 is 5.91 Å². The Morgan fingerprint density at radius 1 is 1.28 bits per heavy atom. The van der Waals surface area contributed by atoms with Crippen molar-refractivity contribution in [3.8, 4) is 0 Å². The summed E-state index contributed by atoms with van der Waals surface area (Å²) in [4.78, 5) is 14.2. The first-order valence-electron chi connectivity index (χ1n) is 6.30. The molecule has 1 rings (SSSR count). The molecule has 0 aromatic heterocycles. The summed E-state index contributed by atoms with van der Waals surface area (Å²) in [6, 6.07) is 9.32. The molecule has 1 aromatic carbocycles. The molecular weight excluding hydrogens is 238 g/mol. The molecule has 0 heterocycles. The maximum Gasteiger partial charge on any atom is 0.255 e. The molecule has 0 fully saturated rings. The average Bonchev–Trinajstić information content (AvgIpc) is 2.34. The monoisotopic (exact) mass is 261 g/mol. The minimum absolute atomic E-state index is 0.0138. The molecule has 0 aliphatic heterocycles. The maximum atomic E-state index is 12.5. The molecule has 0 N–H and O–H groups in total. The predicted molar refractivity (Wildman–Crippen MR) is 73.4 cm³/mol. The Morgan fingerprint density at radius 3 is 2.22 bits per heavy atom. The van der Waals surface area contributed by atoms with E-state index in [0.717, 1.165) is 0 Å². The third-order valence-corrected chi connectivity index (χ3v) is 2.87. The van der Waals surface area contributed by atoms with E-state index in [9.17, 15) is 4.79 Å². The number of hydrogen-bond acceptors (Lipinski definition) is 2. The van der Waals surface area contributed by atoms with Crippen LogP contribution in [0.25, 0.3) is 0 Å². The fourth-order valence-electron chi connectivity index (χ4n) is 2.11. The van der Waals surface area contributed by atoms with Gasteiger partial charge in [0.05, 0.1) is 0 Å². The van der Waals surface area contributed by atoms with Crippen molar-refractivity contribution in [3.63, 3.8) is 0 Å². The van der Waals surface area contributed by atoms with Crippen LogP contribution in [0, 0.1) is 5.41 Å². The Kier molecular flexibility index (Phi) is 4.91. The first-order valence-corrected chi connectivity index (χ1v) is 6.30. The van der Waals surface area contributed by atoms with E-state index in [1.54, 1.807) is 12.0 Å². The number of rotatable bonds is 4. The Labute approximate surface area is 110 Å². The third-order valence-electron chi connectivity index (χ3n) is 2.87. The lowest BCUT2D eigenvalue weighted by molar-refractivity contribution is -0.0792. The Hall–Kier alpha value is -1.35. The van der Waals surface area contributed by atoms with Gasteiger partial charge in [0, 0.05) is 24.6 Å². The van der Waals surface area contributed by atoms with Crippen LogP contribution in [0.2, 0.25) is 0 Å². The van der Waals surface area contributed by atoms with Crippen LogP contribution in [-0.4, -0.2) is 30.7 Å². The number of amides is 1. The second-order valence-corrected chi connectivity index (χ2v) is 5.41. The maximum absolute atomic E-state index is 12.5. The third kappa shape index (κ3) is 3.33. The number of nitrogens with zero attached hydrogens (tertiary/aromatic N) is 1. The Balaban J connectivity index is 2.99. The van der Waals surface area contributed by atoms with Crippen molar-refractivity contribution in [1.29, 1.82) is 0 Å². The largest absolute Gasteiger partial charge is 0.361 e. The first-order chi connectivity index (χ1) is 8.41. The Morgan fingerprint density at radius 2 is 1.83 bits per heavy atom. The molecule has 0 saturated carbocycles. The van der Waals surface area contributed by atoms with E-state index in [4.69, 9.17) is 4.74 Å². The van der Waals surface area contributed by atoms with Crippen molar-refractivity contribution in [2.24, 2.45) is 5.41 Å². The summed E-state index contributed by atoms with van der Waals surface area (Å²) >= 11 is 0. The van der Waals surface area contributed by atoms with Crippen LogP contribution in [0.4, 0.5) is 0 Å². The van der Waals surface area contributed by atoms with Gasteiger partial charge in [-0.1, -0.05) is 39.0 Å². The van der Waals surface area contributed by atoms with Gasteiger partial charge in [-0.15, -0.1) is 0 Å². The summed E-state index contributed by atoms with van der Waals surface area (Å²) < 4.78 is 5.52. The zero-order valence-electron chi connectivity index (χ0n) is 11.9. The molecule has 18 heavy (non-hydrogen) atoms. The van der Waals surface area contributed by atoms with Gasteiger partial charge in [0.2, 0.25) is 0 Å². The number of carbonyl (C=O) groups excluding carboxylic acids is 1. The number of carbonyl (C=O) groups is 1. The van der Waals surface area contributed by atoms with Crippen LogP contribution >= 0.6 is 0 Å². The van der Waals surface area contributed by atoms with Gasteiger partial charge in [-0.25, -0.2) is 0 Å². The molecule has 0 bridgehead atoms. The lowest BCUT2D eigenvalue weighted by Crippen LogP contribution is -2.48. The quantitative estimate of drug-likeness (QED) is 0.779. The second kappa shape index (κ2) is 6.01. The van der Waals surface area contributed by atoms with E-state index in [0.29, 0.717) is 12.1 Å². The summed E-state index contributed by atoms with van der Waals surface area (Å²) in [6.07, 6.45) is -0.227. The molecule has 100 valence electrons. The van der Waals surface area contributed by atoms with E-state index in [2.05, 4.69) is 20.8 Å². The van der Waals surface area contributed by atoms with Crippen LogP contribution in [-0.2, 0) is 4.74 Å². The van der Waals surface area contributed by atoms with Gasteiger partial charge >= 0.3 is 0 Å². The number of methoxy groups -OCH3 is 1. The van der Waals surface area contributed by atoms with E-state index in [1.807, 2.05) is 37.3 Å².